The second-order valence-electron chi connectivity index (χ2n) is 7.49. The van der Waals surface area contributed by atoms with Crippen molar-refractivity contribution in [1.29, 1.82) is 0 Å². The maximum absolute atomic E-state index is 13.3. The number of carbonyl (C=O) groups excluding carboxylic acids is 1. The number of aryl methyl sites for hydroxylation is 1. The van der Waals surface area contributed by atoms with Gasteiger partial charge in [-0.05, 0) is 49.4 Å². The zero-order chi connectivity index (χ0) is 23.7. The molecule has 0 aliphatic rings. The van der Waals surface area contributed by atoms with Crippen molar-refractivity contribution in [3.8, 4) is 32.6 Å². The molecule has 0 aliphatic carbocycles. The molecule has 8 heteroatoms. The molecule has 3 aromatic carbocycles. The molecule has 5 aromatic rings. The number of ether oxygens (including phenoxy) is 2. The fourth-order valence-electron chi connectivity index (χ4n) is 3.64. The zero-order valence-corrected chi connectivity index (χ0v) is 20.4. The summed E-state index contributed by atoms with van der Waals surface area (Å²) in [5, 5.41) is 4.67. The summed E-state index contributed by atoms with van der Waals surface area (Å²) in [6, 6.07) is 21.3. The van der Waals surface area contributed by atoms with Crippen molar-refractivity contribution in [2.75, 3.05) is 19.5 Å². The van der Waals surface area contributed by atoms with Crippen LogP contribution in [-0.4, -0.2) is 30.1 Å². The Kier molecular flexibility index (Phi) is 6.00. The Balaban J connectivity index is 1.45. The maximum atomic E-state index is 13.3. The summed E-state index contributed by atoms with van der Waals surface area (Å²) in [5.74, 6) is 1.06. The minimum Gasteiger partial charge on any atom is -0.493 e. The number of thiazole rings is 2. The molecule has 0 fully saturated rings. The Morgan fingerprint density at radius 3 is 2.41 bits per heavy atom. The minimum atomic E-state index is -0.199. The SMILES string of the molecule is COc1ccc(-c2nc(C)c(C(=O)Nc3ccccc3-c3nc4ccccc4s3)s2)cc1OC. The van der Waals surface area contributed by atoms with E-state index in [0.29, 0.717) is 27.8 Å². The van der Waals surface area contributed by atoms with E-state index in [0.717, 1.165) is 31.4 Å². The molecule has 0 spiro atoms. The van der Waals surface area contributed by atoms with Crippen molar-refractivity contribution in [2.24, 2.45) is 0 Å². The molecule has 170 valence electrons. The third-order valence-corrected chi connectivity index (χ3v) is 7.61. The smallest absolute Gasteiger partial charge is 0.267 e. The van der Waals surface area contributed by atoms with E-state index in [-0.39, 0.29) is 5.91 Å². The molecule has 0 aliphatic heterocycles. The van der Waals surface area contributed by atoms with Gasteiger partial charge in [0.25, 0.3) is 5.91 Å². The molecular weight excluding hydrogens is 466 g/mol. The molecule has 0 bridgehead atoms. The quantitative estimate of drug-likeness (QED) is 0.290. The molecule has 6 nitrogen and oxygen atoms in total. The van der Waals surface area contributed by atoms with Crippen LogP contribution in [0.2, 0.25) is 0 Å². The highest BCUT2D eigenvalue weighted by atomic mass is 32.1. The number of aromatic nitrogens is 2. The monoisotopic (exact) mass is 487 g/mol. The normalized spacial score (nSPS) is 10.9. The number of fused-ring (bicyclic) bond motifs is 1. The number of amides is 1. The summed E-state index contributed by atoms with van der Waals surface area (Å²) in [6.07, 6.45) is 0. The average molecular weight is 488 g/mol. The third-order valence-electron chi connectivity index (χ3n) is 5.33. The first-order valence-corrected chi connectivity index (χ1v) is 12.2. The maximum Gasteiger partial charge on any atom is 0.267 e. The number of hydrogen-bond acceptors (Lipinski definition) is 7. The summed E-state index contributed by atoms with van der Waals surface area (Å²) in [5.41, 5.74) is 4.08. The number of carbonyl (C=O) groups is 1. The minimum absolute atomic E-state index is 0.199. The van der Waals surface area contributed by atoms with Crippen molar-refractivity contribution in [1.82, 2.24) is 9.97 Å². The standard InChI is InChI=1S/C26H21N3O3S2/c1-15-23(34-25(27-15)16-12-13-20(31-2)21(14-16)32-3)24(30)28-18-9-5-4-8-17(18)26-29-19-10-6-7-11-22(19)33-26/h4-14H,1-3H3,(H,28,30). The van der Waals surface area contributed by atoms with Gasteiger partial charge in [0, 0.05) is 11.1 Å². The van der Waals surface area contributed by atoms with Crippen molar-refractivity contribution in [3.05, 3.63) is 77.3 Å². The molecule has 1 N–H and O–H groups in total. The lowest BCUT2D eigenvalue weighted by molar-refractivity contribution is 0.103. The van der Waals surface area contributed by atoms with Crippen molar-refractivity contribution in [2.45, 2.75) is 6.92 Å². The first kappa shape index (κ1) is 22.1. The van der Waals surface area contributed by atoms with Gasteiger partial charge in [-0.3, -0.25) is 4.79 Å². The molecule has 0 unspecified atom stereocenters. The van der Waals surface area contributed by atoms with Crippen LogP contribution in [0.25, 0.3) is 31.4 Å². The second-order valence-corrected chi connectivity index (χ2v) is 9.52. The number of nitrogens with one attached hydrogen (secondary N) is 1. The fourth-order valence-corrected chi connectivity index (χ4v) is 5.61. The van der Waals surface area contributed by atoms with Gasteiger partial charge in [-0.2, -0.15) is 0 Å². The van der Waals surface area contributed by atoms with E-state index in [2.05, 4.69) is 10.3 Å². The summed E-state index contributed by atoms with van der Waals surface area (Å²) in [6.45, 7) is 1.84. The van der Waals surface area contributed by atoms with Crippen LogP contribution in [0.5, 0.6) is 11.5 Å². The molecular formula is C26H21N3O3S2. The molecule has 34 heavy (non-hydrogen) atoms. The lowest BCUT2D eigenvalue weighted by atomic mass is 10.2. The van der Waals surface area contributed by atoms with Crippen molar-refractivity contribution < 1.29 is 14.3 Å². The van der Waals surface area contributed by atoms with E-state index in [9.17, 15) is 4.79 Å². The highest BCUT2D eigenvalue weighted by Gasteiger charge is 2.19. The average Bonchev–Trinajstić information content (AvgIpc) is 3.47. The summed E-state index contributed by atoms with van der Waals surface area (Å²) >= 11 is 2.95. The van der Waals surface area contributed by atoms with Crippen LogP contribution >= 0.6 is 22.7 Å². The number of rotatable bonds is 6. The van der Waals surface area contributed by atoms with Crippen molar-refractivity contribution in [3.63, 3.8) is 0 Å². The highest BCUT2D eigenvalue weighted by Crippen LogP contribution is 2.37. The Hall–Kier alpha value is -3.75. The number of para-hydroxylation sites is 2. The van der Waals surface area contributed by atoms with E-state index in [1.807, 2.05) is 73.7 Å². The number of anilines is 1. The van der Waals surface area contributed by atoms with Gasteiger partial charge in [0.15, 0.2) is 11.5 Å². The van der Waals surface area contributed by atoms with Crippen LogP contribution in [0.4, 0.5) is 5.69 Å². The van der Waals surface area contributed by atoms with Gasteiger partial charge < -0.3 is 14.8 Å². The Labute approximate surface area is 204 Å². The highest BCUT2D eigenvalue weighted by molar-refractivity contribution is 7.21. The van der Waals surface area contributed by atoms with E-state index in [1.54, 1.807) is 25.6 Å². The predicted molar refractivity (Wildman–Crippen MR) is 138 cm³/mol. The van der Waals surface area contributed by atoms with Crippen LogP contribution in [0.3, 0.4) is 0 Å². The summed E-state index contributed by atoms with van der Waals surface area (Å²) in [4.78, 5) is 23.2. The fraction of sp³-hybridized carbons (Fsp3) is 0.115. The lowest BCUT2D eigenvalue weighted by Gasteiger charge is -2.09. The van der Waals surface area contributed by atoms with Crippen LogP contribution in [-0.2, 0) is 0 Å². The molecule has 0 saturated carbocycles. The summed E-state index contributed by atoms with van der Waals surface area (Å²) < 4.78 is 11.8. The second kappa shape index (κ2) is 9.24. The first-order valence-electron chi connectivity index (χ1n) is 10.5. The van der Waals surface area contributed by atoms with E-state index in [1.165, 1.54) is 11.3 Å². The van der Waals surface area contributed by atoms with E-state index >= 15 is 0 Å². The Morgan fingerprint density at radius 2 is 1.62 bits per heavy atom. The molecule has 0 radical (unpaired) electrons. The van der Waals surface area contributed by atoms with Crippen LogP contribution in [0, 0.1) is 6.92 Å². The zero-order valence-electron chi connectivity index (χ0n) is 18.8. The molecule has 5 rings (SSSR count). The summed E-state index contributed by atoms with van der Waals surface area (Å²) in [7, 11) is 3.19. The van der Waals surface area contributed by atoms with Crippen molar-refractivity contribution >= 4 is 44.5 Å². The van der Waals surface area contributed by atoms with Gasteiger partial charge in [0.05, 0.1) is 35.8 Å². The van der Waals surface area contributed by atoms with Gasteiger partial charge in [0.2, 0.25) is 0 Å². The van der Waals surface area contributed by atoms with Crippen LogP contribution in [0.1, 0.15) is 15.4 Å². The van der Waals surface area contributed by atoms with Gasteiger partial charge in [0.1, 0.15) is 14.9 Å². The third kappa shape index (κ3) is 4.13. The predicted octanol–water partition coefficient (Wildman–Crippen LogP) is 6.66. The van der Waals surface area contributed by atoms with Gasteiger partial charge in [-0.15, -0.1) is 22.7 Å². The molecule has 0 atom stereocenters. The van der Waals surface area contributed by atoms with Gasteiger partial charge >= 0.3 is 0 Å². The number of benzene rings is 3. The first-order chi connectivity index (χ1) is 16.6. The molecule has 1 amide bonds. The number of hydrogen-bond donors (Lipinski definition) is 1. The van der Waals surface area contributed by atoms with Gasteiger partial charge in [-0.25, -0.2) is 9.97 Å². The Bertz CT molecular complexity index is 1470. The Morgan fingerprint density at radius 1 is 0.853 bits per heavy atom. The molecule has 2 aromatic heterocycles. The van der Waals surface area contributed by atoms with Crippen LogP contribution in [0.15, 0.2) is 66.7 Å². The van der Waals surface area contributed by atoms with Gasteiger partial charge in [-0.1, -0.05) is 24.3 Å². The van der Waals surface area contributed by atoms with E-state index < -0.39 is 0 Å². The topological polar surface area (TPSA) is 73.3 Å². The molecule has 0 saturated heterocycles. The number of nitrogens with zero attached hydrogens (tertiary/aromatic N) is 2. The largest absolute Gasteiger partial charge is 0.493 e. The number of methoxy groups -OCH3 is 2. The molecule has 2 heterocycles. The lowest BCUT2D eigenvalue weighted by Crippen LogP contribution is -2.12. The van der Waals surface area contributed by atoms with E-state index in [4.69, 9.17) is 14.5 Å². The van der Waals surface area contributed by atoms with Crippen LogP contribution < -0.4 is 14.8 Å².